The molecule has 0 bridgehead atoms. The molecule has 3 aromatic rings. The summed E-state index contributed by atoms with van der Waals surface area (Å²) in [6.45, 7) is 0.250. The van der Waals surface area contributed by atoms with Crippen molar-refractivity contribution < 1.29 is 28.6 Å². The summed E-state index contributed by atoms with van der Waals surface area (Å²) in [6.07, 6.45) is 1.91. The Labute approximate surface area is 184 Å². The standard InChI is InChI=1S/C24H25NO7/c1-30-17-8-6-16(7-9-17)20-14-24(29)32-21-13-18(10-11-19(20)21)31-15-22(26)25-12-4-2-3-5-23(27)28/h6-11,13-14H,2-5,12,15H2,1H3,(H,25,26)(H,27,28)/p-1. The summed E-state index contributed by atoms with van der Waals surface area (Å²) in [5, 5.41) is 13.8. The Morgan fingerprint density at radius 1 is 1.00 bits per heavy atom. The number of rotatable bonds is 11. The first-order valence-corrected chi connectivity index (χ1v) is 10.3. The molecule has 2 aromatic carbocycles. The van der Waals surface area contributed by atoms with Crippen LogP contribution in [0.2, 0.25) is 0 Å². The monoisotopic (exact) mass is 438 g/mol. The summed E-state index contributed by atoms with van der Waals surface area (Å²) < 4.78 is 16.0. The van der Waals surface area contributed by atoms with Crippen LogP contribution < -0.4 is 25.5 Å². The fourth-order valence-corrected chi connectivity index (χ4v) is 3.24. The molecule has 8 nitrogen and oxygen atoms in total. The van der Waals surface area contributed by atoms with E-state index in [2.05, 4.69) is 5.32 Å². The SMILES string of the molecule is COc1ccc(-c2cc(=O)oc3cc(OCC(=O)NCCCCCC(=O)[O-])ccc23)cc1. The Bertz CT molecular complexity index is 1140. The summed E-state index contributed by atoms with van der Waals surface area (Å²) in [4.78, 5) is 34.4. The van der Waals surface area contributed by atoms with Crippen molar-refractivity contribution in [2.75, 3.05) is 20.3 Å². The zero-order valence-electron chi connectivity index (χ0n) is 17.7. The number of benzene rings is 2. The Morgan fingerprint density at radius 2 is 1.75 bits per heavy atom. The molecule has 0 saturated carbocycles. The number of hydrogen-bond donors (Lipinski definition) is 1. The van der Waals surface area contributed by atoms with E-state index in [1.54, 1.807) is 25.3 Å². The number of ether oxygens (including phenoxy) is 2. The van der Waals surface area contributed by atoms with Crippen LogP contribution >= 0.6 is 0 Å². The average Bonchev–Trinajstić information content (AvgIpc) is 2.79. The molecule has 0 saturated heterocycles. The van der Waals surface area contributed by atoms with Gasteiger partial charge in [-0.1, -0.05) is 18.6 Å². The van der Waals surface area contributed by atoms with Gasteiger partial charge in [0.2, 0.25) is 0 Å². The van der Waals surface area contributed by atoms with E-state index >= 15 is 0 Å². The summed E-state index contributed by atoms with van der Waals surface area (Å²) in [7, 11) is 1.59. The zero-order chi connectivity index (χ0) is 22.9. The molecule has 0 atom stereocenters. The highest BCUT2D eigenvalue weighted by Crippen LogP contribution is 2.30. The van der Waals surface area contributed by atoms with Crippen LogP contribution in [-0.2, 0) is 9.59 Å². The highest BCUT2D eigenvalue weighted by atomic mass is 16.5. The lowest BCUT2D eigenvalue weighted by atomic mass is 10.0. The number of fused-ring (bicyclic) bond motifs is 1. The Kier molecular flexibility index (Phi) is 7.85. The molecule has 0 fully saturated rings. The maximum Gasteiger partial charge on any atom is 0.336 e. The number of carboxylic acids is 1. The fourth-order valence-electron chi connectivity index (χ4n) is 3.24. The van der Waals surface area contributed by atoms with Gasteiger partial charge >= 0.3 is 5.63 Å². The van der Waals surface area contributed by atoms with Crippen LogP contribution in [0.1, 0.15) is 25.7 Å². The lowest BCUT2D eigenvalue weighted by Crippen LogP contribution is -2.29. The molecule has 0 aliphatic carbocycles. The molecular formula is C24H24NO7-. The molecular weight excluding hydrogens is 414 g/mol. The van der Waals surface area contributed by atoms with Crippen LogP contribution in [0, 0.1) is 0 Å². The molecule has 0 unspecified atom stereocenters. The summed E-state index contributed by atoms with van der Waals surface area (Å²) in [5.74, 6) is -0.243. The van der Waals surface area contributed by atoms with Gasteiger partial charge in [-0.25, -0.2) is 4.79 Å². The van der Waals surface area contributed by atoms with E-state index in [1.165, 1.54) is 6.07 Å². The molecule has 1 heterocycles. The summed E-state index contributed by atoms with van der Waals surface area (Å²) in [6, 6.07) is 13.9. The molecule has 1 N–H and O–H groups in total. The first-order chi connectivity index (χ1) is 15.5. The van der Waals surface area contributed by atoms with Crippen LogP contribution in [0.4, 0.5) is 0 Å². The first-order valence-electron chi connectivity index (χ1n) is 10.3. The third kappa shape index (κ3) is 6.34. The second kappa shape index (κ2) is 11.0. The highest BCUT2D eigenvalue weighted by molar-refractivity contribution is 5.93. The number of carboxylic acid groups (broad SMARTS) is 1. The van der Waals surface area contributed by atoms with E-state index in [0.29, 0.717) is 42.9 Å². The minimum Gasteiger partial charge on any atom is -0.550 e. The molecule has 1 aromatic heterocycles. The van der Waals surface area contributed by atoms with E-state index in [-0.39, 0.29) is 18.9 Å². The lowest BCUT2D eigenvalue weighted by molar-refractivity contribution is -0.305. The summed E-state index contributed by atoms with van der Waals surface area (Å²) in [5.41, 5.74) is 1.43. The number of carbonyl (C=O) groups excluding carboxylic acids is 2. The van der Waals surface area contributed by atoms with Crippen molar-refractivity contribution in [1.29, 1.82) is 0 Å². The molecule has 3 rings (SSSR count). The quantitative estimate of drug-likeness (QED) is 0.360. The number of aliphatic carboxylic acids is 1. The minimum absolute atomic E-state index is 0.0231. The number of unbranched alkanes of at least 4 members (excludes halogenated alkanes) is 2. The Balaban J connectivity index is 1.61. The normalized spacial score (nSPS) is 10.7. The van der Waals surface area contributed by atoms with Crippen molar-refractivity contribution in [1.82, 2.24) is 5.32 Å². The zero-order valence-corrected chi connectivity index (χ0v) is 17.7. The second-order valence-electron chi connectivity index (χ2n) is 7.19. The maximum atomic E-state index is 12.1. The van der Waals surface area contributed by atoms with Gasteiger partial charge in [-0.2, -0.15) is 0 Å². The fraction of sp³-hybridized carbons (Fsp3) is 0.292. The topological polar surface area (TPSA) is 118 Å². The summed E-state index contributed by atoms with van der Waals surface area (Å²) >= 11 is 0. The average molecular weight is 438 g/mol. The van der Waals surface area contributed by atoms with Crippen molar-refractivity contribution >= 4 is 22.8 Å². The molecule has 0 radical (unpaired) electrons. The molecule has 32 heavy (non-hydrogen) atoms. The van der Waals surface area contributed by atoms with Gasteiger partial charge in [0.25, 0.3) is 5.91 Å². The third-order valence-corrected chi connectivity index (χ3v) is 4.87. The van der Waals surface area contributed by atoms with Crippen LogP contribution in [0.15, 0.2) is 57.7 Å². The number of hydrogen-bond acceptors (Lipinski definition) is 7. The Morgan fingerprint density at radius 3 is 2.47 bits per heavy atom. The first kappa shape index (κ1) is 22.9. The van der Waals surface area contributed by atoms with Gasteiger partial charge < -0.3 is 29.1 Å². The van der Waals surface area contributed by atoms with Gasteiger partial charge in [0.15, 0.2) is 6.61 Å². The molecule has 0 spiro atoms. The van der Waals surface area contributed by atoms with Crippen LogP contribution in [0.5, 0.6) is 11.5 Å². The number of amides is 1. The van der Waals surface area contributed by atoms with E-state index < -0.39 is 11.6 Å². The van der Waals surface area contributed by atoms with E-state index in [4.69, 9.17) is 13.9 Å². The van der Waals surface area contributed by atoms with Crippen molar-refractivity contribution in [3.05, 3.63) is 59.0 Å². The third-order valence-electron chi connectivity index (χ3n) is 4.87. The van der Waals surface area contributed by atoms with Gasteiger partial charge in [0, 0.05) is 30.0 Å². The molecule has 8 heteroatoms. The van der Waals surface area contributed by atoms with Gasteiger partial charge in [-0.05, 0) is 54.7 Å². The van der Waals surface area contributed by atoms with Crippen molar-refractivity contribution in [3.8, 4) is 22.6 Å². The Hall–Kier alpha value is -3.81. The van der Waals surface area contributed by atoms with Gasteiger partial charge in [-0.3, -0.25) is 4.79 Å². The van der Waals surface area contributed by atoms with Gasteiger partial charge in [0.1, 0.15) is 17.1 Å². The van der Waals surface area contributed by atoms with Crippen LogP contribution in [0.25, 0.3) is 22.1 Å². The van der Waals surface area contributed by atoms with Crippen LogP contribution in [-0.4, -0.2) is 32.1 Å². The van der Waals surface area contributed by atoms with Crippen molar-refractivity contribution in [3.63, 3.8) is 0 Å². The van der Waals surface area contributed by atoms with Gasteiger partial charge in [-0.15, -0.1) is 0 Å². The van der Waals surface area contributed by atoms with Crippen molar-refractivity contribution in [2.24, 2.45) is 0 Å². The van der Waals surface area contributed by atoms with E-state index in [1.807, 2.05) is 24.3 Å². The second-order valence-corrected chi connectivity index (χ2v) is 7.19. The minimum atomic E-state index is -1.07. The van der Waals surface area contributed by atoms with Gasteiger partial charge in [0.05, 0.1) is 7.11 Å². The molecule has 0 aliphatic rings. The number of carbonyl (C=O) groups is 2. The molecule has 0 aliphatic heterocycles. The van der Waals surface area contributed by atoms with Crippen LogP contribution in [0.3, 0.4) is 0 Å². The smallest absolute Gasteiger partial charge is 0.336 e. The molecule has 168 valence electrons. The highest BCUT2D eigenvalue weighted by Gasteiger charge is 2.10. The predicted molar refractivity (Wildman–Crippen MR) is 116 cm³/mol. The van der Waals surface area contributed by atoms with E-state index in [9.17, 15) is 19.5 Å². The van der Waals surface area contributed by atoms with Crippen molar-refractivity contribution in [2.45, 2.75) is 25.7 Å². The number of methoxy groups -OCH3 is 1. The predicted octanol–water partition coefficient (Wildman–Crippen LogP) is 2.27. The number of nitrogens with one attached hydrogen (secondary N) is 1. The maximum absolute atomic E-state index is 12.1. The largest absolute Gasteiger partial charge is 0.550 e. The molecule has 1 amide bonds. The lowest BCUT2D eigenvalue weighted by Gasteiger charge is -2.10. The van der Waals surface area contributed by atoms with E-state index in [0.717, 1.165) is 16.5 Å².